The molecular weight excluding hydrogens is 432 g/mol. The van der Waals surface area contributed by atoms with Gasteiger partial charge in [-0.15, -0.1) is 0 Å². The first-order valence-corrected chi connectivity index (χ1v) is 10.1. The summed E-state index contributed by atoms with van der Waals surface area (Å²) in [6.07, 6.45) is -3.99. The highest BCUT2D eigenvalue weighted by Crippen LogP contribution is 2.36. The second-order valence-corrected chi connectivity index (χ2v) is 7.93. The fourth-order valence-corrected chi connectivity index (χ4v) is 3.90. The predicted molar refractivity (Wildman–Crippen MR) is 116 cm³/mol. The lowest BCUT2D eigenvalue weighted by Crippen LogP contribution is -2.56. The van der Waals surface area contributed by atoms with Crippen LogP contribution in [0.4, 0.5) is 0 Å². The summed E-state index contributed by atoms with van der Waals surface area (Å²) in [7, 11) is 0. The highest BCUT2D eigenvalue weighted by Gasteiger charge is 2.47. The first-order chi connectivity index (χ1) is 15.7. The van der Waals surface area contributed by atoms with Gasteiger partial charge in [0, 0.05) is 5.39 Å². The van der Waals surface area contributed by atoms with Gasteiger partial charge in [0.1, 0.15) is 35.7 Å². The minimum atomic E-state index is -1.83. The van der Waals surface area contributed by atoms with Crippen LogP contribution in [-0.4, -0.2) is 61.7 Å². The van der Waals surface area contributed by atoms with E-state index >= 15 is 0 Å². The normalized spacial score (nSPS) is 25.5. The molecule has 0 radical (unpaired) electrons. The molecule has 172 valence electrons. The Bertz CT molecular complexity index is 1240. The molecule has 2 heterocycles. The molecule has 0 amide bonds. The maximum atomic E-state index is 12.8. The van der Waals surface area contributed by atoms with Gasteiger partial charge in [-0.2, -0.15) is 0 Å². The van der Waals surface area contributed by atoms with Gasteiger partial charge in [0.15, 0.2) is 11.9 Å². The van der Waals surface area contributed by atoms with Gasteiger partial charge in [-0.25, -0.2) is 4.79 Å². The van der Waals surface area contributed by atoms with Crippen molar-refractivity contribution in [1.29, 1.82) is 0 Å². The molecule has 1 saturated heterocycles. The molecule has 1 aliphatic rings. The number of phenolic OH excluding ortho intramolecular Hbond substituents is 1. The number of carbonyl (C=O) groups is 2. The Kier molecular flexibility index (Phi) is 6.05. The quantitative estimate of drug-likeness (QED) is 0.287. The molecule has 9 nitrogen and oxygen atoms in total. The van der Waals surface area contributed by atoms with Crippen LogP contribution in [0.2, 0.25) is 0 Å². The number of ether oxygens (including phenoxy) is 1. The zero-order valence-corrected chi connectivity index (χ0v) is 17.5. The van der Waals surface area contributed by atoms with Crippen LogP contribution in [0, 0.1) is 6.92 Å². The summed E-state index contributed by atoms with van der Waals surface area (Å²) < 4.78 is 10.7. The lowest BCUT2D eigenvalue weighted by atomic mass is 9.88. The Labute approximate surface area is 187 Å². The number of hydrogen-bond acceptors (Lipinski definition) is 8. The monoisotopic (exact) mass is 454 g/mol. The molecule has 1 fully saturated rings. The summed E-state index contributed by atoms with van der Waals surface area (Å²) >= 11 is 0. The van der Waals surface area contributed by atoms with Gasteiger partial charge in [-0.05, 0) is 60.0 Å². The van der Waals surface area contributed by atoms with Crippen LogP contribution in [-0.2, 0) is 9.53 Å². The summed E-state index contributed by atoms with van der Waals surface area (Å²) in [6.45, 7) is 1.57. The van der Waals surface area contributed by atoms with Gasteiger partial charge >= 0.3 is 5.97 Å². The van der Waals surface area contributed by atoms with Crippen molar-refractivity contribution in [3.8, 4) is 5.75 Å². The molecule has 0 aliphatic carbocycles. The first kappa shape index (κ1) is 22.7. The lowest BCUT2D eigenvalue weighted by Gasteiger charge is -2.39. The SMILES string of the molecule is Cc1cc(O)c(C(=O)/C=C/c2ccc3occc3c2)cc1C1OC(C(=O)O)C(O)C(O)C1O. The zero-order valence-electron chi connectivity index (χ0n) is 17.5. The second-order valence-electron chi connectivity index (χ2n) is 7.93. The van der Waals surface area contributed by atoms with Crippen LogP contribution in [0.1, 0.15) is 33.2 Å². The van der Waals surface area contributed by atoms with E-state index in [4.69, 9.17) is 9.15 Å². The molecule has 5 unspecified atom stereocenters. The van der Waals surface area contributed by atoms with Crippen molar-refractivity contribution in [3.05, 3.63) is 71.0 Å². The van der Waals surface area contributed by atoms with Crippen molar-refractivity contribution in [1.82, 2.24) is 0 Å². The van der Waals surface area contributed by atoms with E-state index in [1.165, 1.54) is 18.2 Å². The largest absolute Gasteiger partial charge is 0.507 e. The Morgan fingerprint density at radius 3 is 2.48 bits per heavy atom. The number of hydrogen-bond donors (Lipinski definition) is 5. The van der Waals surface area contributed by atoms with Crippen LogP contribution in [0.3, 0.4) is 0 Å². The summed E-state index contributed by atoms with van der Waals surface area (Å²) in [5.41, 5.74) is 1.94. The number of aryl methyl sites for hydroxylation is 1. The van der Waals surface area contributed by atoms with Crippen molar-refractivity contribution in [2.45, 2.75) is 37.4 Å². The Balaban J connectivity index is 1.65. The van der Waals surface area contributed by atoms with Crippen LogP contribution in [0.25, 0.3) is 17.0 Å². The molecular formula is C24H22O9. The number of ketones is 1. The molecule has 0 saturated carbocycles. The van der Waals surface area contributed by atoms with E-state index in [9.17, 15) is 35.1 Å². The topological polar surface area (TPSA) is 158 Å². The second kappa shape index (κ2) is 8.80. The maximum Gasteiger partial charge on any atom is 0.335 e. The standard InChI is InChI=1S/C24H22O9/c1-11-8-17(26)15(16(25)4-2-12-3-5-18-13(9-12)6-7-32-18)10-14(11)22-20(28)19(27)21(29)23(33-22)24(30)31/h2-10,19-23,26-29H,1H3,(H,30,31)/b4-2+. The summed E-state index contributed by atoms with van der Waals surface area (Å²) in [5.74, 6) is -2.36. The molecule has 0 bridgehead atoms. The summed E-state index contributed by atoms with van der Waals surface area (Å²) in [6, 6.07) is 9.72. The molecule has 33 heavy (non-hydrogen) atoms. The van der Waals surface area contributed by atoms with Gasteiger partial charge in [-0.1, -0.05) is 12.1 Å². The number of aromatic hydroxyl groups is 1. The van der Waals surface area contributed by atoms with E-state index < -0.39 is 42.3 Å². The van der Waals surface area contributed by atoms with E-state index in [0.29, 0.717) is 11.1 Å². The average molecular weight is 454 g/mol. The van der Waals surface area contributed by atoms with E-state index in [1.807, 2.05) is 6.07 Å². The third kappa shape index (κ3) is 4.27. The van der Waals surface area contributed by atoms with Crippen LogP contribution < -0.4 is 0 Å². The number of aliphatic hydroxyl groups is 3. The van der Waals surface area contributed by atoms with Crippen LogP contribution >= 0.6 is 0 Å². The molecule has 9 heteroatoms. The Morgan fingerprint density at radius 1 is 1.00 bits per heavy atom. The van der Waals surface area contributed by atoms with Gasteiger partial charge in [0.25, 0.3) is 0 Å². The van der Waals surface area contributed by atoms with E-state index in [-0.39, 0.29) is 16.9 Å². The number of aliphatic carboxylic acids is 1. The summed E-state index contributed by atoms with van der Waals surface area (Å²) in [5, 5.41) is 50.9. The van der Waals surface area contributed by atoms with Gasteiger partial charge in [-0.3, -0.25) is 4.79 Å². The predicted octanol–water partition coefficient (Wildman–Crippen LogP) is 1.95. The molecule has 1 aliphatic heterocycles. The highest BCUT2D eigenvalue weighted by molar-refractivity contribution is 6.09. The molecule has 3 aromatic rings. The molecule has 2 aromatic carbocycles. The summed E-state index contributed by atoms with van der Waals surface area (Å²) in [4.78, 5) is 24.2. The Morgan fingerprint density at radius 2 is 1.76 bits per heavy atom. The Hall–Kier alpha value is -3.50. The van der Waals surface area contributed by atoms with Gasteiger partial charge < -0.3 is 34.7 Å². The van der Waals surface area contributed by atoms with Crippen molar-refractivity contribution in [3.63, 3.8) is 0 Å². The smallest absolute Gasteiger partial charge is 0.335 e. The minimum absolute atomic E-state index is 0.0977. The number of aliphatic hydroxyl groups excluding tert-OH is 3. The number of allylic oxidation sites excluding steroid dienone is 1. The maximum absolute atomic E-state index is 12.8. The number of fused-ring (bicyclic) bond motifs is 1. The van der Waals surface area contributed by atoms with Gasteiger partial charge in [0.05, 0.1) is 11.8 Å². The molecule has 4 rings (SSSR count). The van der Waals surface area contributed by atoms with Crippen molar-refractivity contribution < 1.29 is 44.3 Å². The van der Waals surface area contributed by atoms with E-state index in [0.717, 1.165) is 10.9 Å². The van der Waals surface area contributed by atoms with Crippen molar-refractivity contribution in [2.75, 3.05) is 0 Å². The number of benzene rings is 2. The molecule has 0 spiro atoms. The van der Waals surface area contributed by atoms with Gasteiger partial charge in [0.2, 0.25) is 0 Å². The number of carboxylic acids is 1. The molecule has 5 atom stereocenters. The third-order valence-corrected chi connectivity index (χ3v) is 5.72. The number of carbonyl (C=O) groups excluding carboxylic acids is 1. The number of phenols is 1. The van der Waals surface area contributed by atoms with Crippen LogP contribution in [0.15, 0.2) is 53.2 Å². The number of carboxylic acid groups (broad SMARTS) is 1. The third-order valence-electron chi connectivity index (χ3n) is 5.72. The molecule has 1 aromatic heterocycles. The average Bonchev–Trinajstić information content (AvgIpc) is 3.24. The van der Waals surface area contributed by atoms with Crippen molar-refractivity contribution >= 4 is 28.8 Å². The fraction of sp³-hybridized carbons (Fsp3) is 0.250. The van der Waals surface area contributed by atoms with E-state index in [2.05, 4.69) is 0 Å². The first-order valence-electron chi connectivity index (χ1n) is 10.1. The van der Waals surface area contributed by atoms with Crippen molar-refractivity contribution in [2.24, 2.45) is 0 Å². The number of furan rings is 1. The highest BCUT2D eigenvalue weighted by atomic mass is 16.6. The zero-order chi connectivity index (χ0) is 23.9. The van der Waals surface area contributed by atoms with E-state index in [1.54, 1.807) is 37.5 Å². The number of rotatable bonds is 5. The minimum Gasteiger partial charge on any atom is -0.507 e. The lowest BCUT2D eigenvalue weighted by molar-refractivity contribution is -0.230. The molecule has 5 N–H and O–H groups in total. The fourth-order valence-electron chi connectivity index (χ4n) is 3.90. The van der Waals surface area contributed by atoms with Crippen LogP contribution in [0.5, 0.6) is 5.75 Å².